The topological polar surface area (TPSA) is 50.4 Å². The molecule has 0 spiro atoms. The Bertz CT molecular complexity index is 458. The number of hydrogen-bond acceptors (Lipinski definition) is 3. The van der Waals surface area contributed by atoms with Crippen LogP contribution in [-0.2, 0) is 4.79 Å². The van der Waals surface area contributed by atoms with Crippen LogP contribution in [0.5, 0.6) is 5.75 Å². The van der Waals surface area contributed by atoms with Crippen LogP contribution in [0.1, 0.15) is 51.3 Å². The van der Waals surface area contributed by atoms with Gasteiger partial charge in [0.05, 0.1) is 0 Å². The number of amides is 1. The van der Waals surface area contributed by atoms with Gasteiger partial charge in [-0.15, -0.1) is 0 Å². The van der Waals surface area contributed by atoms with Gasteiger partial charge in [0.15, 0.2) is 6.61 Å². The van der Waals surface area contributed by atoms with Crippen molar-refractivity contribution in [3.8, 4) is 5.75 Å². The first-order valence-corrected chi connectivity index (χ1v) is 7.70. The molecule has 1 amide bonds. The van der Waals surface area contributed by atoms with Gasteiger partial charge < -0.3 is 15.4 Å². The van der Waals surface area contributed by atoms with Gasteiger partial charge in [0, 0.05) is 12.1 Å². The van der Waals surface area contributed by atoms with Gasteiger partial charge in [0.25, 0.3) is 5.91 Å². The molecule has 118 valence electrons. The summed E-state index contributed by atoms with van der Waals surface area (Å²) in [4.78, 5) is 11.6. The molecule has 0 aromatic heterocycles. The van der Waals surface area contributed by atoms with E-state index in [1.165, 1.54) is 5.56 Å². The third-order valence-corrected chi connectivity index (χ3v) is 3.21. The Kier molecular flexibility index (Phi) is 7.23. The lowest BCUT2D eigenvalue weighted by Gasteiger charge is -2.16. The first-order chi connectivity index (χ1) is 9.93. The molecule has 0 aliphatic carbocycles. The molecule has 0 aliphatic rings. The first kappa shape index (κ1) is 17.5. The molecule has 2 N–H and O–H groups in total. The number of benzene rings is 1. The number of hydrogen-bond donors (Lipinski definition) is 2. The average Bonchev–Trinajstić information content (AvgIpc) is 2.42. The van der Waals surface area contributed by atoms with E-state index < -0.39 is 0 Å². The quantitative estimate of drug-likeness (QED) is 0.774. The fraction of sp³-hybridized carbons (Fsp3) is 0.588. The van der Waals surface area contributed by atoms with Crippen LogP contribution in [-0.4, -0.2) is 25.1 Å². The van der Waals surface area contributed by atoms with E-state index in [9.17, 15) is 4.79 Å². The summed E-state index contributed by atoms with van der Waals surface area (Å²) in [6.07, 6.45) is 1.12. The zero-order valence-corrected chi connectivity index (χ0v) is 13.8. The zero-order chi connectivity index (χ0) is 15.8. The van der Waals surface area contributed by atoms with Gasteiger partial charge in [-0.25, -0.2) is 0 Å². The SMILES string of the molecule is CCCNC(C)c1ccc(OCC(=O)NC(C)C)c(C)c1. The molecule has 0 fully saturated rings. The largest absolute Gasteiger partial charge is 0.484 e. The van der Waals surface area contributed by atoms with Crippen molar-refractivity contribution >= 4 is 5.91 Å². The second-order valence-corrected chi connectivity index (χ2v) is 5.71. The fourth-order valence-electron chi connectivity index (χ4n) is 2.09. The van der Waals surface area contributed by atoms with E-state index >= 15 is 0 Å². The van der Waals surface area contributed by atoms with Crippen LogP contribution in [0.2, 0.25) is 0 Å². The molecule has 1 atom stereocenters. The Labute approximate surface area is 128 Å². The van der Waals surface area contributed by atoms with E-state index in [1.54, 1.807) is 0 Å². The zero-order valence-electron chi connectivity index (χ0n) is 13.8. The van der Waals surface area contributed by atoms with Crippen molar-refractivity contribution in [2.45, 2.75) is 53.1 Å². The van der Waals surface area contributed by atoms with Crippen LogP contribution in [0.3, 0.4) is 0 Å². The number of aryl methyl sites for hydroxylation is 1. The minimum atomic E-state index is -0.0912. The highest BCUT2D eigenvalue weighted by Gasteiger charge is 2.09. The Morgan fingerprint density at radius 2 is 2.00 bits per heavy atom. The van der Waals surface area contributed by atoms with E-state index in [0.717, 1.165) is 24.3 Å². The molecule has 0 saturated carbocycles. The average molecular weight is 292 g/mol. The molecule has 1 aromatic carbocycles. The number of nitrogens with one attached hydrogen (secondary N) is 2. The Hall–Kier alpha value is -1.55. The van der Waals surface area contributed by atoms with Crippen LogP contribution >= 0.6 is 0 Å². The van der Waals surface area contributed by atoms with Crippen LogP contribution < -0.4 is 15.4 Å². The highest BCUT2D eigenvalue weighted by Crippen LogP contribution is 2.22. The number of carbonyl (C=O) groups excluding carboxylic acids is 1. The summed E-state index contributed by atoms with van der Waals surface area (Å²) in [5, 5.41) is 6.27. The van der Waals surface area contributed by atoms with Gasteiger partial charge in [-0.2, -0.15) is 0 Å². The molecule has 1 rings (SSSR count). The molecule has 1 unspecified atom stereocenters. The molecule has 0 radical (unpaired) electrons. The van der Waals surface area contributed by atoms with E-state index in [2.05, 4.69) is 36.6 Å². The lowest BCUT2D eigenvalue weighted by Crippen LogP contribution is -2.34. The van der Waals surface area contributed by atoms with Crippen LogP contribution in [0.4, 0.5) is 0 Å². The summed E-state index contributed by atoms with van der Waals surface area (Å²) < 4.78 is 5.58. The molecule has 1 aromatic rings. The lowest BCUT2D eigenvalue weighted by molar-refractivity contribution is -0.123. The number of rotatable bonds is 8. The highest BCUT2D eigenvalue weighted by molar-refractivity contribution is 5.77. The summed E-state index contributed by atoms with van der Waals surface area (Å²) in [6, 6.07) is 6.56. The number of carbonyl (C=O) groups is 1. The fourth-order valence-corrected chi connectivity index (χ4v) is 2.09. The summed E-state index contributed by atoms with van der Waals surface area (Å²) in [5.41, 5.74) is 2.29. The molecule has 0 aliphatic heterocycles. The normalized spacial score (nSPS) is 12.3. The third-order valence-electron chi connectivity index (χ3n) is 3.21. The molecular formula is C17H28N2O2. The number of ether oxygens (including phenoxy) is 1. The van der Waals surface area contributed by atoms with E-state index in [-0.39, 0.29) is 18.6 Å². The molecule has 4 heteroatoms. The monoisotopic (exact) mass is 292 g/mol. The predicted molar refractivity (Wildman–Crippen MR) is 86.7 cm³/mol. The van der Waals surface area contributed by atoms with Crippen molar-refractivity contribution in [1.29, 1.82) is 0 Å². The van der Waals surface area contributed by atoms with Crippen molar-refractivity contribution in [3.63, 3.8) is 0 Å². The Morgan fingerprint density at radius 3 is 2.57 bits per heavy atom. The first-order valence-electron chi connectivity index (χ1n) is 7.70. The van der Waals surface area contributed by atoms with Gasteiger partial charge in [-0.1, -0.05) is 19.1 Å². The van der Waals surface area contributed by atoms with Gasteiger partial charge in [0.1, 0.15) is 5.75 Å². The van der Waals surface area contributed by atoms with Crippen molar-refractivity contribution < 1.29 is 9.53 Å². The molecule has 0 heterocycles. The lowest BCUT2D eigenvalue weighted by atomic mass is 10.0. The van der Waals surface area contributed by atoms with Gasteiger partial charge in [-0.3, -0.25) is 4.79 Å². The molecule has 21 heavy (non-hydrogen) atoms. The van der Waals surface area contributed by atoms with Gasteiger partial charge in [0.2, 0.25) is 0 Å². The van der Waals surface area contributed by atoms with E-state index in [1.807, 2.05) is 26.8 Å². The minimum Gasteiger partial charge on any atom is -0.484 e. The summed E-state index contributed by atoms with van der Waals surface area (Å²) in [7, 11) is 0. The maximum atomic E-state index is 11.6. The smallest absolute Gasteiger partial charge is 0.258 e. The van der Waals surface area contributed by atoms with E-state index in [0.29, 0.717) is 6.04 Å². The predicted octanol–water partition coefficient (Wildman–Crippen LogP) is 2.96. The van der Waals surface area contributed by atoms with Gasteiger partial charge >= 0.3 is 0 Å². The standard InChI is InChI=1S/C17H28N2O2/c1-6-9-18-14(5)15-7-8-16(13(4)10-15)21-11-17(20)19-12(2)3/h7-8,10,12,14,18H,6,9,11H2,1-5H3,(H,19,20). The van der Waals surface area contributed by atoms with Crippen molar-refractivity contribution in [2.75, 3.05) is 13.2 Å². The Balaban J connectivity index is 2.59. The highest BCUT2D eigenvalue weighted by atomic mass is 16.5. The van der Waals surface area contributed by atoms with Crippen LogP contribution in [0.25, 0.3) is 0 Å². The molecule has 0 bridgehead atoms. The minimum absolute atomic E-state index is 0.0575. The molecule has 4 nitrogen and oxygen atoms in total. The second kappa shape index (κ2) is 8.67. The van der Waals surface area contributed by atoms with Crippen LogP contribution in [0, 0.1) is 6.92 Å². The summed E-state index contributed by atoms with van der Waals surface area (Å²) >= 11 is 0. The van der Waals surface area contributed by atoms with Crippen molar-refractivity contribution in [2.24, 2.45) is 0 Å². The Morgan fingerprint density at radius 1 is 1.29 bits per heavy atom. The summed E-state index contributed by atoms with van der Waals surface area (Å²) in [5.74, 6) is 0.673. The van der Waals surface area contributed by atoms with Crippen molar-refractivity contribution in [3.05, 3.63) is 29.3 Å². The van der Waals surface area contributed by atoms with Gasteiger partial charge in [-0.05, 0) is 57.9 Å². The summed E-state index contributed by atoms with van der Waals surface area (Å²) in [6.45, 7) is 11.2. The molecule has 0 saturated heterocycles. The molecular weight excluding hydrogens is 264 g/mol. The van der Waals surface area contributed by atoms with E-state index in [4.69, 9.17) is 4.74 Å². The third kappa shape index (κ3) is 6.17. The van der Waals surface area contributed by atoms with Crippen molar-refractivity contribution in [1.82, 2.24) is 10.6 Å². The van der Waals surface area contributed by atoms with Crippen LogP contribution in [0.15, 0.2) is 18.2 Å². The second-order valence-electron chi connectivity index (χ2n) is 5.71. The maximum Gasteiger partial charge on any atom is 0.258 e. The maximum absolute atomic E-state index is 11.6.